The Morgan fingerprint density at radius 2 is 1.97 bits per heavy atom. The molecule has 0 unspecified atom stereocenters. The van der Waals surface area contributed by atoms with Gasteiger partial charge in [0.25, 0.3) is 0 Å². The van der Waals surface area contributed by atoms with Crippen molar-refractivity contribution in [2.45, 2.75) is 44.2 Å². The van der Waals surface area contributed by atoms with Crippen LogP contribution in [0.25, 0.3) is 0 Å². The van der Waals surface area contributed by atoms with Gasteiger partial charge in [-0.1, -0.05) is 0 Å². The van der Waals surface area contributed by atoms with Crippen LogP contribution in [-0.4, -0.2) is 35.2 Å². The summed E-state index contributed by atoms with van der Waals surface area (Å²) in [6.07, 6.45) is 0.207. The Labute approximate surface area is 174 Å². The van der Waals surface area contributed by atoms with Crippen molar-refractivity contribution in [3.8, 4) is 5.75 Å². The van der Waals surface area contributed by atoms with Crippen LogP contribution in [0.5, 0.6) is 5.75 Å². The predicted octanol–water partition coefficient (Wildman–Crippen LogP) is 3.39. The Morgan fingerprint density at radius 3 is 2.62 bits per heavy atom. The molecule has 29 heavy (non-hydrogen) atoms. The lowest BCUT2D eigenvalue weighted by atomic mass is 10.1. The fraction of sp³-hybridized carbons (Fsp3) is 0.476. The maximum absolute atomic E-state index is 13.1. The Balaban J connectivity index is 1.52. The number of hydrogen-bond donors (Lipinski definition) is 1. The molecule has 0 saturated carbocycles. The first-order valence-corrected chi connectivity index (χ1v) is 10.9. The van der Waals surface area contributed by atoms with Crippen molar-refractivity contribution in [3.63, 3.8) is 0 Å². The van der Waals surface area contributed by atoms with Crippen molar-refractivity contribution in [1.82, 2.24) is 9.78 Å². The molecule has 1 aromatic heterocycles. The second-order valence-corrected chi connectivity index (χ2v) is 9.43. The number of nitrogens with zero attached hydrogens (tertiary/aromatic N) is 3. The van der Waals surface area contributed by atoms with Crippen LogP contribution >= 0.6 is 11.8 Å². The molecule has 1 saturated heterocycles. The molecule has 2 aliphatic rings. The highest BCUT2D eigenvalue weighted by molar-refractivity contribution is 7.98. The highest BCUT2D eigenvalue weighted by Gasteiger charge is 2.37. The van der Waals surface area contributed by atoms with E-state index in [0.29, 0.717) is 6.54 Å². The SMILES string of the molecule is COc1ccc(N2C[C@@H](C(=O)Nc3c4c(nn3C(C)(C)C)CSC4)CC2=O)cc1. The standard InChI is InChI=1S/C21H26N4O3S/c1-21(2,3)25-19(16-11-29-12-17(16)23-25)22-20(27)13-9-18(26)24(10-13)14-5-7-15(28-4)8-6-14/h5-8,13H,9-12H2,1-4H3,(H,22,27)/t13-/m0/s1. The number of methoxy groups -OCH3 is 1. The minimum atomic E-state index is -0.391. The Hall–Kier alpha value is -2.48. The zero-order valence-electron chi connectivity index (χ0n) is 17.2. The number of thioether (sulfide) groups is 1. The van der Waals surface area contributed by atoms with Gasteiger partial charge in [-0.3, -0.25) is 9.59 Å². The quantitative estimate of drug-likeness (QED) is 0.830. The summed E-state index contributed by atoms with van der Waals surface area (Å²) in [5.41, 5.74) is 2.69. The molecule has 1 aromatic carbocycles. The largest absolute Gasteiger partial charge is 0.497 e. The van der Waals surface area contributed by atoms with Gasteiger partial charge in [0.1, 0.15) is 11.6 Å². The lowest BCUT2D eigenvalue weighted by Crippen LogP contribution is -2.31. The normalized spacial score (nSPS) is 18.8. The monoisotopic (exact) mass is 414 g/mol. The summed E-state index contributed by atoms with van der Waals surface area (Å²) in [4.78, 5) is 27.3. The van der Waals surface area contributed by atoms with Crippen LogP contribution in [0.2, 0.25) is 0 Å². The molecule has 0 spiro atoms. The molecular formula is C21H26N4O3S. The van der Waals surface area contributed by atoms with Crippen LogP contribution in [0, 0.1) is 5.92 Å². The number of hydrogen-bond acceptors (Lipinski definition) is 5. The number of rotatable bonds is 4. The van der Waals surface area contributed by atoms with E-state index in [1.54, 1.807) is 23.8 Å². The summed E-state index contributed by atoms with van der Waals surface area (Å²) in [5, 5.41) is 7.83. The second kappa shape index (κ2) is 7.40. The number of carbonyl (C=O) groups is 2. The number of anilines is 2. The number of aromatic nitrogens is 2. The maximum atomic E-state index is 13.1. The average Bonchev–Trinajstić information content (AvgIpc) is 3.37. The number of carbonyl (C=O) groups excluding carboxylic acids is 2. The Kier molecular flexibility index (Phi) is 5.06. The zero-order valence-corrected chi connectivity index (χ0v) is 18.0. The topological polar surface area (TPSA) is 76.5 Å². The fourth-order valence-electron chi connectivity index (χ4n) is 3.74. The summed E-state index contributed by atoms with van der Waals surface area (Å²) in [7, 11) is 1.61. The molecule has 7 nitrogen and oxygen atoms in total. The second-order valence-electron chi connectivity index (χ2n) is 8.44. The molecule has 8 heteroatoms. The number of benzene rings is 1. The summed E-state index contributed by atoms with van der Waals surface area (Å²) in [5.74, 6) is 2.67. The van der Waals surface area contributed by atoms with Crippen molar-refractivity contribution in [2.24, 2.45) is 5.92 Å². The predicted molar refractivity (Wildman–Crippen MR) is 114 cm³/mol. The van der Waals surface area contributed by atoms with Crippen LogP contribution in [0.1, 0.15) is 38.4 Å². The zero-order chi connectivity index (χ0) is 20.8. The lowest BCUT2D eigenvalue weighted by Gasteiger charge is -2.24. The molecule has 2 aromatic rings. The van der Waals surface area contributed by atoms with E-state index >= 15 is 0 Å². The van der Waals surface area contributed by atoms with E-state index in [0.717, 1.165) is 40.0 Å². The van der Waals surface area contributed by atoms with Crippen molar-refractivity contribution >= 4 is 35.1 Å². The molecule has 4 rings (SSSR count). The minimum absolute atomic E-state index is 0.0413. The van der Waals surface area contributed by atoms with Crippen LogP contribution in [0.4, 0.5) is 11.5 Å². The van der Waals surface area contributed by atoms with Gasteiger partial charge in [0.2, 0.25) is 11.8 Å². The Morgan fingerprint density at radius 1 is 1.24 bits per heavy atom. The third kappa shape index (κ3) is 3.73. The molecule has 2 aliphatic heterocycles. The van der Waals surface area contributed by atoms with E-state index in [9.17, 15) is 9.59 Å². The van der Waals surface area contributed by atoms with E-state index in [2.05, 4.69) is 26.1 Å². The van der Waals surface area contributed by atoms with Crippen molar-refractivity contribution < 1.29 is 14.3 Å². The molecule has 2 amide bonds. The summed E-state index contributed by atoms with van der Waals surface area (Å²) in [6, 6.07) is 7.32. The first-order valence-electron chi connectivity index (χ1n) is 9.72. The molecule has 154 valence electrons. The number of ether oxygens (including phenoxy) is 1. The smallest absolute Gasteiger partial charge is 0.230 e. The van der Waals surface area contributed by atoms with Gasteiger partial charge in [0.05, 0.1) is 24.3 Å². The highest BCUT2D eigenvalue weighted by atomic mass is 32.2. The molecule has 0 bridgehead atoms. The number of amides is 2. The lowest BCUT2D eigenvalue weighted by molar-refractivity contribution is -0.122. The van der Waals surface area contributed by atoms with Gasteiger partial charge < -0.3 is 15.0 Å². The van der Waals surface area contributed by atoms with Gasteiger partial charge in [-0.15, -0.1) is 0 Å². The van der Waals surface area contributed by atoms with Gasteiger partial charge in [-0.05, 0) is 45.0 Å². The van der Waals surface area contributed by atoms with Gasteiger partial charge in [0, 0.05) is 35.7 Å². The van der Waals surface area contributed by atoms with Gasteiger partial charge >= 0.3 is 0 Å². The summed E-state index contributed by atoms with van der Waals surface area (Å²) >= 11 is 1.80. The minimum Gasteiger partial charge on any atom is -0.497 e. The first kappa shape index (κ1) is 19.8. The molecule has 0 aliphatic carbocycles. The average molecular weight is 415 g/mol. The molecule has 3 heterocycles. The Bertz CT molecular complexity index is 946. The molecule has 0 radical (unpaired) electrons. The number of nitrogens with one attached hydrogen (secondary N) is 1. The van der Waals surface area contributed by atoms with E-state index in [-0.39, 0.29) is 23.8 Å². The fourth-order valence-corrected chi connectivity index (χ4v) is 4.78. The van der Waals surface area contributed by atoms with Crippen molar-refractivity contribution in [2.75, 3.05) is 23.9 Å². The van der Waals surface area contributed by atoms with Gasteiger partial charge in [0.15, 0.2) is 0 Å². The summed E-state index contributed by atoms with van der Waals surface area (Å²) < 4.78 is 7.08. The van der Waals surface area contributed by atoms with Gasteiger partial charge in [-0.2, -0.15) is 16.9 Å². The number of fused-ring (bicyclic) bond motifs is 1. The van der Waals surface area contributed by atoms with Gasteiger partial charge in [-0.25, -0.2) is 4.68 Å². The van der Waals surface area contributed by atoms with E-state index < -0.39 is 5.92 Å². The van der Waals surface area contributed by atoms with Crippen LogP contribution in [0.15, 0.2) is 24.3 Å². The first-order chi connectivity index (χ1) is 13.8. The molecular weight excluding hydrogens is 388 g/mol. The molecule has 1 atom stereocenters. The maximum Gasteiger partial charge on any atom is 0.230 e. The molecule has 1 fully saturated rings. The van der Waals surface area contributed by atoms with Crippen LogP contribution < -0.4 is 15.0 Å². The van der Waals surface area contributed by atoms with Crippen molar-refractivity contribution in [1.29, 1.82) is 0 Å². The van der Waals surface area contributed by atoms with E-state index in [1.165, 1.54) is 0 Å². The highest BCUT2D eigenvalue weighted by Crippen LogP contribution is 2.37. The van der Waals surface area contributed by atoms with Crippen molar-refractivity contribution in [3.05, 3.63) is 35.5 Å². The third-order valence-corrected chi connectivity index (χ3v) is 6.28. The summed E-state index contributed by atoms with van der Waals surface area (Å²) in [6.45, 7) is 6.59. The third-order valence-electron chi connectivity index (χ3n) is 5.31. The van der Waals surface area contributed by atoms with Crippen LogP contribution in [-0.2, 0) is 26.6 Å². The van der Waals surface area contributed by atoms with E-state index in [1.807, 2.05) is 28.9 Å². The van der Waals surface area contributed by atoms with Crippen LogP contribution in [0.3, 0.4) is 0 Å². The molecule has 1 N–H and O–H groups in total. The van der Waals surface area contributed by atoms with E-state index in [4.69, 9.17) is 9.84 Å².